The monoisotopic (exact) mass is 151 g/mol. The highest BCUT2D eigenvalue weighted by Crippen LogP contribution is 1.87. The van der Waals surface area contributed by atoms with E-state index in [0.717, 1.165) is 0 Å². The maximum absolute atomic E-state index is 10.8. The minimum atomic E-state index is -2.84. The van der Waals surface area contributed by atoms with E-state index in [4.69, 9.17) is 4.55 Å². The third kappa shape index (κ3) is 4.44. The molecule has 2 N–H and O–H groups in total. The molecule has 0 saturated heterocycles. The Hall–Kier alpha value is -0.0600. The fourth-order valence-electron chi connectivity index (χ4n) is 0.437. The van der Waals surface area contributed by atoms with Crippen LogP contribution in [0.25, 0.3) is 0 Å². The van der Waals surface area contributed by atoms with Crippen LogP contribution in [-0.4, -0.2) is 21.2 Å². The van der Waals surface area contributed by atoms with Gasteiger partial charge in [0, 0.05) is 5.37 Å². The quantitative estimate of drug-likeness (QED) is 0.559. The highest BCUT2D eigenvalue weighted by atomic mass is 32.2. The molecule has 0 aromatic rings. The molecule has 0 bridgehead atoms. The molecule has 3 nitrogen and oxygen atoms in total. The Morgan fingerprint density at radius 2 is 2.11 bits per heavy atom. The van der Waals surface area contributed by atoms with Crippen molar-refractivity contribution in [3.8, 4) is 0 Å². The molecule has 0 saturated carbocycles. The van der Waals surface area contributed by atoms with Crippen molar-refractivity contribution in [2.45, 2.75) is 13.8 Å². The van der Waals surface area contributed by atoms with E-state index in [1.54, 1.807) is 0 Å². The van der Waals surface area contributed by atoms with Gasteiger partial charge < -0.3 is 4.55 Å². The van der Waals surface area contributed by atoms with Gasteiger partial charge in [-0.15, -0.1) is 0 Å². The first-order valence-corrected chi connectivity index (χ1v) is 4.36. The molecule has 0 aromatic heterocycles. The number of hydrogen-bond acceptors (Lipinski definition) is 1. The molecule has 0 amide bonds. The van der Waals surface area contributed by atoms with Crippen LogP contribution in [0.15, 0.2) is 0 Å². The van der Waals surface area contributed by atoms with Gasteiger partial charge in [0.15, 0.2) is 0 Å². The predicted molar refractivity (Wildman–Crippen MR) is 40.7 cm³/mol. The van der Waals surface area contributed by atoms with E-state index < -0.39 is 9.99 Å². The van der Waals surface area contributed by atoms with Crippen LogP contribution in [0.5, 0.6) is 0 Å². The van der Waals surface area contributed by atoms with Crippen molar-refractivity contribution in [1.82, 2.24) is 4.72 Å². The molecule has 0 heterocycles. The molecule has 0 radical (unpaired) electrons. The zero-order valence-electron chi connectivity index (χ0n) is 5.92. The summed E-state index contributed by atoms with van der Waals surface area (Å²) in [5, 5.41) is 1.38. The Labute approximate surface area is 56.4 Å². The number of rotatable bonds is 2. The van der Waals surface area contributed by atoms with Crippen LogP contribution in [0.3, 0.4) is 0 Å². The summed E-state index contributed by atoms with van der Waals surface area (Å²) in [7, 11) is -1.38. The third-order valence-corrected chi connectivity index (χ3v) is 2.25. The van der Waals surface area contributed by atoms with Crippen molar-refractivity contribution in [1.29, 1.82) is 0 Å². The van der Waals surface area contributed by atoms with Crippen LogP contribution in [0.1, 0.15) is 13.8 Å². The van der Waals surface area contributed by atoms with Gasteiger partial charge in [0.2, 0.25) is 0 Å². The van der Waals surface area contributed by atoms with Gasteiger partial charge in [-0.1, -0.05) is 13.8 Å². The Bertz CT molecular complexity index is 179. The molecule has 0 aliphatic carbocycles. The SMILES string of the molecule is CNS(=O)(O)=CC(C)C. The summed E-state index contributed by atoms with van der Waals surface area (Å²) in [6.45, 7) is 3.71. The molecule has 56 valence electrons. The van der Waals surface area contributed by atoms with Crippen LogP contribution in [0, 0.1) is 5.92 Å². The van der Waals surface area contributed by atoms with Crippen molar-refractivity contribution in [2.75, 3.05) is 7.05 Å². The second-order valence-electron chi connectivity index (χ2n) is 2.15. The first kappa shape index (κ1) is 8.94. The number of nitrogens with one attached hydrogen (secondary N) is 1. The van der Waals surface area contributed by atoms with Crippen molar-refractivity contribution < 1.29 is 8.76 Å². The molecule has 4 heteroatoms. The van der Waals surface area contributed by atoms with E-state index in [1.165, 1.54) is 12.4 Å². The Morgan fingerprint density at radius 1 is 1.67 bits per heavy atom. The minimum absolute atomic E-state index is 0.134. The minimum Gasteiger partial charge on any atom is -0.302 e. The van der Waals surface area contributed by atoms with Crippen LogP contribution >= 0.6 is 0 Å². The Balaban J connectivity index is 4.30. The van der Waals surface area contributed by atoms with E-state index in [0.29, 0.717) is 0 Å². The third-order valence-electron chi connectivity index (χ3n) is 0.749. The van der Waals surface area contributed by atoms with Gasteiger partial charge in [-0.2, -0.15) is 0 Å². The standard InChI is InChI=1S/C5H13NO2S/c1-5(2)4-9(7,8)6-3/h4-5H,1-3H3,(H2,6,7,8). The van der Waals surface area contributed by atoms with Gasteiger partial charge in [0.25, 0.3) is 0 Å². The number of hydrogen-bond donors (Lipinski definition) is 2. The largest absolute Gasteiger partial charge is 0.302 e. The summed E-state index contributed by atoms with van der Waals surface area (Å²) in [5.74, 6) is 0.134. The average Bonchev–Trinajstić information content (AvgIpc) is 1.63. The first-order valence-electron chi connectivity index (χ1n) is 2.78. The Morgan fingerprint density at radius 3 is 2.22 bits per heavy atom. The van der Waals surface area contributed by atoms with Gasteiger partial charge in [0.1, 0.15) is 9.99 Å². The average molecular weight is 151 g/mol. The molecule has 0 rings (SSSR count). The molecular weight excluding hydrogens is 138 g/mol. The van der Waals surface area contributed by atoms with Gasteiger partial charge >= 0.3 is 0 Å². The van der Waals surface area contributed by atoms with Gasteiger partial charge in [-0.25, -0.2) is 8.93 Å². The van der Waals surface area contributed by atoms with Crippen LogP contribution < -0.4 is 4.72 Å². The first-order chi connectivity index (χ1) is 3.98. The van der Waals surface area contributed by atoms with E-state index >= 15 is 0 Å². The maximum atomic E-state index is 10.8. The summed E-state index contributed by atoms with van der Waals surface area (Å²) in [4.78, 5) is 0. The zero-order chi connectivity index (χ0) is 7.49. The smallest absolute Gasteiger partial charge is 0.141 e. The van der Waals surface area contributed by atoms with Gasteiger partial charge in [0.05, 0.1) is 0 Å². The summed E-state index contributed by atoms with van der Waals surface area (Å²) in [6.07, 6.45) is 0. The molecule has 1 atom stereocenters. The second-order valence-corrected chi connectivity index (χ2v) is 3.97. The van der Waals surface area contributed by atoms with Crippen molar-refractivity contribution in [2.24, 2.45) is 5.92 Å². The highest BCUT2D eigenvalue weighted by molar-refractivity contribution is 7.94. The summed E-state index contributed by atoms with van der Waals surface area (Å²) in [6, 6.07) is 0. The lowest BCUT2D eigenvalue weighted by Crippen LogP contribution is -2.21. The molecule has 0 fully saturated rings. The lowest BCUT2D eigenvalue weighted by Gasteiger charge is -2.01. The summed E-state index contributed by atoms with van der Waals surface area (Å²) < 4.78 is 21.9. The van der Waals surface area contributed by atoms with Gasteiger partial charge in [-0.3, -0.25) is 0 Å². The van der Waals surface area contributed by atoms with Gasteiger partial charge in [-0.05, 0) is 13.0 Å². The molecule has 1 unspecified atom stereocenters. The normalized spacial score (nSPS) is 17.4. The van der Waals surface area contributed by atoms with E-state index in [9.17, 15) is 4.21 Å². The van der Waals surface area contributed by atoms with Crippen LogP contribution in [0.2, 0.25) is 0 Å². The van der Waals surface area contributed by atoms with Crippen LogP contribution in [-0.2, 0) is 9.99 Å². The molecular formula is C5H13NO2S. The highest BCUT2D eigenvalue weighted by Gasteiger charge is 1.96. The molecule has 9 heavy (non-hydrogen) atoms. The van der Waals surface area contributed by atoms with Crippen molar-refractivity contribution in [3.05, 3.63) is 0 Å². The lowest BCUT2D eigenvalue weighted by molar-refractivity contribution is 0.550. The fourth-order valence-corrected chi connectivity index (χ4v) is 1.31. The van der Waals surface area contributed by atoms with Crippen molar-refractivity contribution in [3.63, 3.8) is 0 Å². The molecule has 0 aromatic carbocycles. The summed E-state index contributed by atoms with van der Waals surface area (Å²) >= 11 is 0. The lowest BCUT2D eigenvalue weighted by atomic mass is 10.3. The second kappa shape index (κ2) is 3.20. The molecule has 0 aliphatic rings. The fraction of sp³-hybridized carbons (Fsp3) is 0.800. The maximum Gasteiger partial charge on any atom is 0.141 e. The Kier molecular flexibility index (Phi) is 3.17. The van der Waals surface area contributed by atoms with Crippen molar-refractivity contribution >= 4 is 15.4 Å². The zero-order valence-corrected chi connectivity index (χ0v) is 6.73. The topological polar surface area (TPSA) is 49.3 Å². The molecule has 0 aliphatic heterocycles. The van der Waals surface area contributed by atoms with Crippen LogP contribution in [0.4, 0.5) is 0 Å². The predicted octanol–water partition coefficient (Wildman–Crippen LogP) is 0.336. The van der Waals surface area contributed by atoms with E-state index in [-0.39, 0.29) is 5.92 Å². The molecule has 0 spiro atoms. The van der Waals surface area contributed by atoms with E-state index in [2.05, 4.69) is 4.72 Å². The van der Waals surface area contributed by atoms with E-state index in [1.807, 2.05) is 13.8 Å². The summed E-state index contributed by atoms with van der Waals surface area (Å²) in [5.41, 5.74) is 0.